The molecule has 0 fully saturated rings. The number of nitrogens with two attached hydrogens (primary N) is 1. The average Bonchev–Trinajstić information content (AvgIpc) is 2.50. The van der Waals surface area contributed by atoms with E-state index in [-0.39, 0.29) is 6.04 Å². The second-order valence-electron chi connectivity index (χ2n) is 5.80. The molecule has 0 bridgehead atoms. The summed E-state index contributed by atoms with van der Waals surface area (Å²) >= 11 is 0. The summed E-state index contributed by atoms with van der Waals surface area (Å²) in [5, 5.41) is 0. The molecule has 0 radical (unpaired) electrons. The summed E-state index contributed by atoms with van der Waals surface area (Å²) in [6, 6.07) is 5.91. The van der Waals surface area contributed by atoms with E-state index in [0.717, 1.165) is 36.7 Å². The van der Waals surface area contributed by atoms with Crippen LogP contribution in [0.4, 0.5) is 0 Å². The van der Waals surface area contributed by atoms with Crippen molar-refractivity contribution in [1.82, 2.24) is 4.90 Å². The number of methoxy groups -OCH3 is 1. The standard InChI is InChI=1S/C17H28N2O2/c1-4-8-19(9-5-2)11-13-12-21-16-7-6-14(20-3)10-15(16)17(13)18/h6-7,10,13,17H,4-5,8-9,11-12,18H2,1-3H3. The molecule has 21 heavy (non-hydrogen) atoms. The fourth-order valence-corrected chi connectivity index (χ4v) is 3.02. The van der Waals surface area contributed by atoms with Crippen molar-refractivity contribution in [3.05, 3.63) is 23.8 Å². The van der Waals surface area contributed by atoms with Crippen LogP contribution < -0.4 is 15.2 Å². The lowest BCUT2D eigenvalue weighted by Gasteiger charge is -2.35. The van der Waals surface area contributed by atoms with Crippen molar-refractivity contribution in [2.45, 2.75) is 32.7 Å². The minimum atomic E-state index is 0.0139. The van der Waals surface area contributed by atoms with Gasteiger partial charge in [0.15, 0.2) is 0 Å². The van der Waals surface area contributed by atoms with Gasteiger partial charge in [0, 0.05) is 24.1 Å². The molecule has 1 aliphatic rings. The molecule has 2 rings (SSSR count). The van der Waals surface area contributed by atoms with Crippen LogP contribution in [0.1, 0.15) is 38.3 Å². The fraction of sp³-hybridized carbons (Fsp3) is 0.647. The molecule has 2 atom stereocenters. The van der Waals surface area contributed by atoms with E-state index in [1.54, 1.807) is 7.11 Å². The third-order valence-electron chi connectivity index (χ3n) is 4.11. The molecule has 4 heteroatoms. The second-order valence-corrected chi connectivity index (χ2v) is 5.80. The lowest BCUT2D eigenvalue weighted by atomic mass is 9.90. The smallest absolute Gasteiger partial charge is 0.124 e. The molecule has 1 aromatic carbocycles. The number of ether oxygens (including phenoxy) is 2. The third-order valence-corrected chi connectivity index (χ3v) is 4.11. The zero-order valence-corrected chi connectivity index (χ0v) is 13.5. The van der Waals surface area contributed by atoms with Gasteiger partial charge in [-0.05, 0) is 44.1 Å². The van der Waals surface area contributed by atoms with Crippen molar-refractivity contribution in [3.8, 4) is 11.5 Å². The molecular weight excluding hydrogens is 264 g/mol. The number of rotatable bonds is 7. The van der Waals surface area contributed by atoms with Crippen molar-refractivity contribution in [1.29, 1.82) is 0 Å². The van der Waals surface area contributed by atoms with Crippen LogP contribution in [0.2, 0.25) is 0 Å². The summed E-state index contributed by atoms with van der Waals surface area (Å²) in [6.45, 7) is 8.40. The van der Waals surface area contributed by atoms with Crippen LogP contribution in [-0.2, 0) is 0 Å². The van der Waals surface area contributed by atoms with Gasteiger partial charge in [0.25, 0.3) is 0 Å². The molecule has 1 aromatic rings. The fourth-order valence-electron chi connectivity index (χ4n) is 3.02. The molecule has 0 spiro atoms. The molecule has 4 nitrogen and oxygen atoms in total. The molecular formula is C17H28N2O2. The molecule has 0 saturated carbocycles. The summed E-state index contributed by atoms with van der Waals surface area (Å²) < 4.78 is 11.2. The highest BCUT2D eigenvalue weighted by Gasteiger charge is 2.29. The zero-order chi connectivity index (χ0) is 15.2. The SMILES string of the molecule is CCCN(CCC)CC1COc2ccc(OC)cc2C1N. The third kappa shape index (κ3) is 3.89. The molecule has 2 unspecified atom stereocenters. The maximum atomic E-state index is 6.49. The van der Waals surface area contributed by atoms with E-state index in [4.69, 9.17) is 15.2 Å². The monoisotopic (exact) mass is 292 g/mol. The van der Waals surface area contributed by atoms with Gasteiger partial charge in [-0.2, -0.15) is 0 Å². The van der Waals surface area contributed by atoms with Crippen LogP contribution in [0.3, 0.4) is 0 Å². The Morgan fingerprint density at radius 3 is 2.62 bits per heavy atom. The van der Waals surface area contributed by atoms with Crippen LogP contribution >= 0.6 is 0 Å². The summed E-state index contributed by atoms with van der Waals surface area (Å²) in [7, 11) is 1.68. The first-order valence-corrected chi connectivity index (χ1v) is 7.98. The lowest BCUT2D eigenvalue weighted by Crippen LogP contribution is -2.41. The normalized spacial score (nSPS) is 21.0. The van der Waals surface area contributed by atoms with Crippen LogP contribution in [0, 0.1) is 5.92 Å². The van der Waals surface area contributed by atoms with Gasteiger partial charge >= 0.3 is 0 Å². The van der Waals surface area contributed by atoms with Gasteiger partial charge < -0.3 is 20.1 Å². The minimum Gasteiger partial charge on any atom is -0.497 e. The van der Waals surface area contributed by atoms with Gasteiger partial charge in [-0.25, -0.2) is 0 Å². The molecule has 118 valence electrons. The summed E-state index contributed by atoms with van der Waals surface area (Å²) in [5.74, 6) is 2.08. The number of fused-ring (bicyclic) bond motifs is 1. The maximum Gasteiger partial charge on any atom is 0.124 e. The predicted octanol–water partition coefficient (Wildman–Crippen LogP) is 2.83. The number of nitrogens with zero attached hydrogens (tertiary/aromatic N) is 1. The zero-order valence-electron chi connectivity index (χ0n) is 13.5. The summed E-state index contributed by atoms with van der Waals surface area (Å²) in [6.07, 6.45) is 2.35. The largest absolute Gasteiger partial charge is 0.497 e. The van der Waals surface area contributed by atoms with Gasteiger partial charge in [-0.15, -0.1) is 0 Å². The maximum absolute atomic E-state index is 6.49. The van der Waals surface area contributed by atoms with E-state index >= 15 is 0 Å². The van der Waals surface area contributed by atoms with Crippen LogP contribution in [0.25, 0.3) is 0 Å². The number of hydrogen-bond donors (Lipinski definition) is 1. The van der Waals surface area contributed by atoms with Crippen molar-refractivity contribution >= 4 is 0 Å². The number of benzene rings is 1. The summed E-state index contributed by atoms with van der Waals surface area (Å²) in [5.41, 5.74) is 7.56. The molecule has 2 N–H and O–H groups in total. The minimum absolute atomic E-state index is 0.0139. The van der Waals surface area contributed by atoms with E-state index in [9.17, 15) is 0 Å². The highest BCUT2D eigenvalue weighted by atomic mass is 16.5. The van der Waals surface area contributed by atoms with Crippen molar-refractivity contribution in [2.75, 3.05) is 33.4 Å². The average molecular weight is 292 g/mol. The first-order valence-electron chi connectivity index (χ1n) is 7.98. The molecule has 0 aliphatic carbocycles. The quantitative estimate of drug-likeness (QED) is 0.839. The Morgan fingerprint density at radius 1 is 1.29 bits per heavy atom. The van der Waals surface area contributed by atoms with Crippen LogP contribution in [0.15, 0.2) is 18.2 Å². The Morgan fingerprint density at radius 2 is 2.00 bits per heavy atom. The van der Waals surface area contributed by atoms with E-state index < -0.39 is 0 Å². The highest BCUT2D eigenvalue weighted by molar-refractivity contribution is 5.43. The second kappa shape index (κ2) is 7.66. The first-order chi connectivity index (χ1) is 10.2. The van der Waals surface area contributed by atoms with E-state index in [0.29, 0.717) is 12.5 Å². The van der Waals surface area contributed by atoms with E-state index in [1.165, 1.54) is 12.8 Å². The molecule has 1 heterocycles. The Hall–Kier alpha value is -1.26. The molecule has 0 amide bonds. The molecule has 0 saturated heterocycles. The lowest BCUT2D eigenvalue weighted by molar-refractivity contribution is 0.138. The van der Waals surface area contributed by atoms with E-state index in [2.05, 4.69) is 18.7 Å². The van der Waals surface area contributed by atoms with Gasteiger partial charge in [-0.3, -0.25) is 0 Å². The Kier molecular flexibility index (Phi) is 5.88. The van der Waals surface area contributed by atoms with Gasteiger partial charge in [-0.1, -0.05) is 13.8 Å². The Balaban J connectivity index is 2.09. The van der Waals surface area contributed by atoms with Crippen molar-refractivity contribution in [2.24, 2.45) is 11.7 Å². The van der Waals surface area contributed by atoms with Crippen LogP contribution in [-0.4, -0.2) is 38.3 Å². The highest BCUT2D eigenvalue weighted by Crippen LogP contribution is 2.36. The Labute approximate surface area is 128 Å². The molecule has 1 aliphatic heterocycles. The van der Waals surface area contributed by atoms with Crippen LogP contribution in [0.5, 0.6) is 11.5 Å². The number of hydrogen-bond acceptors (Lipinski definition) is 4. The predicted molar refractivity (Wildman–Crippen MR) is 85.9 cm³/mol. The Bertz CT molecular complexity index is 444. The van der Waals surface area contributed by atoms with Crippen molar-refractivity contribution < 1.29 is 9.47 Å². The first kappa shape index (κ1) is 16.1. The van der Waals surface area contributed by atoms with Crippen molar-refractivity contribution in [3.63, 3.8) is 0 Å². The van der Waals surface area contributed by atoms with Gasteiger partial charge in [0.2, 0.25) is 0 Å². The van der Waals surface area contributed by atoms with Gasteiger partial charge in [0.05, 0.1) is 13.7 Å². The summed E-state index contributed by atoms with van der Waals surface area (Å²) in [4.78, 5) is 2.50. The topological polar surface area (TPSA) is 47.7 Å². The molecule has 0 aromatic heterocycles. The van der Waals surface area contributed by atoms with E-state index in [1.807, 2.05) is 18.2 Å². The van der Waals surface area contributed by atoms with Gasteiger partial charge in [0.1, 0.15) is 11.5 Å².